The van der Waals surface area contributed by atoms with Crippen molar-refractivity contribution >= 4 is 5.91 Å². The number of nitrogens with zero attached hydrogens (tertiary/aromatic N) is 1. The average Bonchev–Trinajstić information content (AvgIpc) is 2.50. The van der Waals surface area contributed by atoms with Gasteiger partial charge < -0.3 is 19.7 Å². The van der Waals surface area contributed by atoms with Crippen molar-refractivity contribution in [3.05, 3.63) is 24.3 Å². The molecule has 2 rings (SSSR count). The number of fused-ring (bicyclic) bond motifs is 1. The summed E-state index contributed by atoms with van der Waals surface area (Å²) in [5, 5.41) is 2.99. The van der Waals surface area contributed by atoms with Crippen LogP contribution in [0.5, 0.6) is 11.5 Å². The first-order valence-corrected chi connectivity index (χ1v) is 7.05. The lowest BCUT2D eigenvalue weighted by molar-refractivity contribution is -0.132. The van der Waals surface area contributed by atoms with Crippen molar-refractivity contribution in [3.63, 3.8) is 0 Å². The van der Waals surface area contributed by atoms with Gasteiger partial charge in [0, 0.05) is 19.5 Å². The van der Waals surface area contributed by atoms with Gasteiger partial charge in [-0.1, -0.05) is 12.1 Å². The Morgan fingerprint density at radius 2 is 2.15 bits per heavy atom. The monoisotopic (exact) mass is 278 g/mol. The van der Waals surface area contributed by atoms with E-state index in [1.165, 1.54) is 0 Å². The predicted octanol–water partition coefficient (Wildman–Crippen LogP) is 1.28. The molecule has 0 aromatic heterocycles. The van der Waals surface area contributed by atoms with Crippen molar-refractivity contribution in [3.8, 4) is 11.5 Å². The maximum absolute atomic E-state index is 12.0. The molecule has 110 valence electrons. The maximum Gasteiger partial charge on any atom is 0.223 e. The van der Waals surface area contributed by atoms with Crippen LogP contribution in [-0.2, 0) is 4.79 Å². The van der Waals surface area contributed by atoms with Crippen molar-refractivity contribution in [2.24, 2.45) is 0 Å². The molecule has 0 saturated carbocycles. The van der Waals surface area contributed by atoms with Crippen LogP contribution in [0.15, 0.2) is 24.3 Å². The number of para-hydroxylation sites is 2. The van der Waals surface area contributed by atoms with Crippen molar-refractivity contribution in [2.45, 2.75) is 19.4 Å². The minimum Gasteiger partial charge on any atom is -0.486 e. The van der Waals surface area contributed by atoms with Crippen LogP contribution in [0, 0.1) is 0 Å². The molecule has 0 radical (unpaired) electrons. The van der Waals surface area contributed by atoms with E-state index in [-0.39, 0.29) is 12.0 Å². The van der Waals surface area contributed by atoms with Gasteiger partial charge in [0.2, 0.25) is 5.91 Å². The van der Waals surface area contributed by atoms with Crippen LogP contribution in [0.1, 0.15) is 13.3 Å². The van der Waals surface area contributed by atoms with Gasteiger partial charge in [-0.05, 0) is 26.1 Å². The fraction of sp³-hybridized carbons (Fsp3) is 0.533. The molecule has 5 nitrogen and oxygen atoms in total. The number of benzene rings is 1. The molecule has 5 heteroatoms. The number of nitrogens with one attached hydrogen (secondary N) is 1. The van der Waals surface area contributed by atoms with E-state index in [9.17, 15) is 4.79 Å². The molecule has 1 aromatic rings. The third-order valence-electron chi connectivity index (χ3n) is 3.31. The summed E-state index contributed by atoms with van der Waals surface area (Å²) in [4.78, 5) is 13.9. The second-order valence-electron chi connectivity index (χ2n) is 4.78. The minimum atomic E-state index is -0.108. The molecular formula is C15H22N2O3. The van der Waals surface area contributed by atoms with Gasteiger partial charge in [0.1, 0.15) is 6.61 Å². The number of amides is 1. The molecule has 0 saturated heterocycles. The van der Waals surface area contributed by atoms with E-state index in [4.69, 9.17) is 9.47 Å². The van der Waals surface area contributed by atoms with Gasteiger partial charge in [-0.25, -0.2) is 0 Å². The van der Waals surface area contributed by atoms with Gasteiger partial charge in [-0.3, -0.25) is 4.79 Å². The molecule has 0 aliphatic carbocycles. The zero-order valence-electron chi connectivity index (χ0n) is 12.1. The number of carbonyl (C=O) groups excluding carboxylic acids is 1. The fourth-order valence-electron chi connectivity index (χ4n) is 2.20. The van der Waals surface area contributed by atoms with Crippen LogP contribution in [-0.4, -0.2) is 50.2 Å². The van der Waals surface area contributed by atoms with Crippen LogP contribution in [0.25, 0.3) is 0 Å². The Hall–Kier alpha value is -1.75. The number of likely N-dealkylation sites (N-methyl/N-ethyl adjacent to an activating group) is 1. The average molecular weight is 278 g/mol. The lowest BCUT2D eigenvalue weighted by Gasteiger charge is -2.31. The number of ether oxygens (including phenoxy) is 2. The predicted molar refractivity (Wildman–Crippen MR) is 77.2 cm³/mol. The Balaban J connectivity index is 1.91. The third-order valence-corrected chi connectivity index (χ3v) is 3.31. The van der Waals surface area contributed by atoms with E-state index in [0.29, 0.717) is 32.7 Å². The Bertz CT molecular complexity index is 450. The largest absolute Gasteiger partial charge is 0.486 e. The molecule has 0 fully saturated rings. The third kappa shape index (κ3) is 3.63. The van der Waals surface area contributed by atoms with E-state index < -0.39 is 0 Å². The first-order valence-electron chi connectivity index (χ1n) is 7.05. The highest BCUT2D eigenvalue weighted by Gasteiger charge is 2.24. The Labute approximate surface area is 119 Å². The molecule has 0 bridgehead atoms. The van der Waals surface area contributed by atoms with Gasteiger partial charge in [0.15, 0.2) is 17.6 Å². The number of hydrogen-bond donors (Lipinski definition) is 1. The van der Waals surface area contributed by atoms with E-state index in [1.807, 2.05) is 43.1 Å². The lowest BCUT2D eigenvalue weighted by Crippen LogP contribution is -2.44. The zero-order chi connectivity index (χ0) is 14.4. The van der Waals surface area contributed by atoms with Crippen molar-refractivity contribution < 1.29 is 14.3 Å². The first-order chi connectivity index (χ1) is 9.74. The summed E-state index contributed by atoms with van der Waals surface area (Å²) in [7, 11) is 1.85. The number of carbonyl (C=O) groups is 1. The summed E-state index contributed by atoms with van der Waals surface area (Å²) < 4.78 is 11.6. The Morgan fingerprint density at radius 1 is 1.40 bits per heavy atom. The van der Waals surface area contributed by atoms with Crippen molar-refractivity contribution in [1.82, 2.24) is 10.2 Å². The van der Waals surface area contributed by atoms with Crippen LogP contribution >= 0.6 is 0 Å². The molecular weight excluding hydrogens is 256 g/mol. The highest BCUT2D eigenvalue weighted by molar-refractivity contribution is 5.76. The van der Waals surface area contributed by atoms with Crippen LogP contribution in [0.2, 0.25) is 0 Å². The summed E-state index contributed by atoms with van der Waals surface area (Å²) in [5.74, 6) is 1.67. The molecule has 0 spiro atoms. The van der Waals surface area contributed by atoms with Crippen LogP contribution in [0.4, 0.5) is 0 Å². The maximum atomic E-state index is 12.0. The fourth-order valence-corrected chi connectivity index (χ4v) is 2.20. The number of hydrogen-bond acceptors (Lipinski definition) is 4. The molecule has 1 aliphatic heterocycles. The molecule has 1 aromatic carbocycles. The highest BCUT2D eigenvalue weighted by atomic mass is 16.6. The normalized spacial score (nSPS) is 16.8. The van der Waals surface area contributed by atoms with Gasteiger partial charge >= 0.3 is 0 Å². The molecule has 1 unspecified atom stereocenters. The molecule has 1 atom stereocenters. The highest BCUT2D eigenvalue weighted by Crippen LogP contribution is 2.30. The lowest BCUT2D eigenvalue weighted by atomic mass is 10.2. The van der Waals surface area contributed by atoms with Crippen LogP contribution in [0.3, 0.4) is 0 Å². The number of rotatable bonds is 6. The van der Waals surface area contributed by atoms with Gasteiger partial charge in [0.05, 0.1) is 6.54 Å². The second-order valence-corrected chi connectivity index (χ2v) is 4.78. The molecule has 20 heavy (non-hydrogen) atoms. The summed E-state index contributed by atoms with van der Waals surface area (Å²) in [6.07, 6.45) is 0.400. The Morgan fingerprint density at radius 3 is 2.85 bits per heavy atom. The Kier molecular flexibility index (Phi) is 5.24. The first kappa shape index (κ1) is 14.7. The second kappa shape index (κ2) is 7.14. The van der Waals surface area contributed by atoms with Crippen molar-refractivity contribution in [1.29, 1.82) is 0 Å². The summed E-state index contributed by atoms with van der Waals surface area (Å²) in [6.45, 7) is 4.40. The van der Waals surface area contributed by atoms with E-state index in [2.05, 4.69) is 5.32 Å². The minimum absolute atomic E-state index is 0.108. The van der Waals surface area contributed by atoms with Crippen molar-refractivity contribution in [2.75, 3.05) is 33.3 Å². The van der Waals surface area contributed by atoms with E-state index >= 15 is 0 Å². The SMILES string of the molecule is CCN(CC1COc2ccccc2O1)C(=O)CCNC. The van der Waals surface area contributed by atoms with Gasteiger partial charge in [-0.2, -0.15) is 0 Å². The zero-order valence-corrected chi connectivity index (χ0v) is 12.1. The topological polar surface area (TPSA) is 50.8 Å². The van der Waals surface area contributed by atoms with Crippen LogP contribution < -0.4 is 14.8 Å². The van der Waals surface area contributed by atoms with E-state index in [1.54, 1.807) is 0 Å². The molecule has 1 N–H and O–H groups in total. The van der Waals surface area contributed by atoms with Gasteiger partial charge in [0.25, 0.3) is 0 Å². The summed E-state index contributed by atoms with van der Waals surface area (Å²) in [6, 6.07) is 7.62. The quantitative estimate of drug-likeness (QED) is 0.852. The standard InChI is InChI=1S/C15H22N2O3/c1-3-17(15(18)8-9-16-2)10-12-11-19-13-6-4-5-7-14(13)20-12/h4-7,12,16H,3,8-11H2,1-2H3. The van der Waals surface area contributed by atoms with E-state index in [0.717, 1.165) is 11.5 Å². The summed E-state index contributed by atoms with van der Waals surface area (Å²) in [5.41, 5.74) is 0. The molecule has 1 heterocycles. The van der Waals surface area contributed by atoms with Gasteiger partial charge in [-0.15, -0.1) is 0 Å². The molecule has 1 amide bonds. The smallest absolute Gasteiger partial charge is 0.223 e. The summed E-state index contributed by atoms with van der Waals surface area (Å²) >= 11 is 0. The molecule has 1 aliphatic rings.